The highest BCUT2D eigenvalue weighted by Gasteiger charge is 2.37. The highest BCUT2D eigenvalue weighted by atomic mass is 32.1. The van der Waals surface area contributed by atoms with Crippen LogP contribution in [0.25, 0.3) is 0 Å². The van der Waals surface area contributed by atoms with Crippen LogP contribution in [0, 0.1) is 17.1 Å². The Labute approximate surface area is 213 Å². The Hall–Kier alpha value is -4.31. The van der Waals surface area contributed by atoms with Gasteiger partial charge in [0.15, 0.2) is 10.8 Å². The molecule has 1 aliphatic rings. The number of anilines is 2. The van der Waals surface area contributed by atoms with Crippen molar-refractivity contribution >= 4 is 40.5 Å². The number of carbonyl (C=O) groups is 2. The van der Waals surface area contributed by atoms with Gasteiger partial charge in [0.05, 0.1) is 35.8 Å². The molecule has 0 aliphatic carbocycles. The van der Waals surface area contributed by atoms with Gasteiger partial charge in [-0.15, -0.1) is 0 Å². The molecule has 8 nitrogen and oxygen atoms in total. The second kappa shape index (κ2) is 10.4. The normalized spacial score (nSPS) is 14.4. The van der Waals surface area contributed by atoms with Gasteiger partial charge < -0.3 is 14.6 Å². The first kappa shape index (κ1) is 25.8. The van der Waals surface area contributed by atoms with Gasteiger partial charge in [0.1, 0.15) is 17.6 Å². The maximum Gasteiger partial charge on any atom is 0.419 e. The lowest BCUT2D eigenvalue weighted by atomic mass is 10.1. The molecule has 13 heteroatoms. The van der Waals surface area contributed by atoms with Crippen molar-refractivity contribution < 1.29 is 31.6 Å². The molecule has 0 atom stereocenters. The van der Waals surface area contributed by atoms with Crippen molar-refractivity contribution in [3.63, 3.8) is 0 Å². The number of thiocarbonyl (C=S) groups is 1. The summed E-state index contributed by atoms with van der Waals surface area (Å²) < 4.78 is 60.4. The molecule has 1 aliphatic heterocycles. The van der Waals surface area contributed by atoms with E-state index in [0.29, 0.717) is 11.8 Å². The number of carbonyl (C=O) groups excluding carboxylic acids is 2. The van der Waals surface area contributed by atoms with E-state index in [1.807, 2.05) is 0 Å². The monoisotopic (exact) mass is 531 g/mol. The third-order valence-electron chi connectivity index (χ3n) is 5.50. The van der Waals surface area contributed by atoms with E-state index in [2.05, 4.69) is 10.3 Å². The number of halogens is 4. The van der Waals surface area contributed by atoms with Crippen LogP contribution in [0.5, 0.6) is 0 Å². The summed E-state index contributed by atoms with van der Waals surface area (Å²) in [5.74, 6) is -1.64. The minimum atomic E-state index is -4.89. The van der Waals surface area contributed by atoms with Gasteiger partial charge >= 0.3 is 6.18 Å². The van der Waals surface area contributed by atoms with Gasteiger partial charge in [-0.3, -0.25) is 14.5 Å². The first-order valence-electron chi connectivity index (χ1n) is 10.8. The Balaban J connectivity index is 1.62. The number of hydrogen-bond donors (Lipinski definition) is 1. The zero-order valence-electron chi connectivity index (χ0n) is 18.9. The molecule has 0 unspecified atom stereocenters. The SMILES string of the molecule is N#Cc1ncc(N2C(=O)CCCN(c3ccc(C(=O)NCc4ccco4)c(F)c3)C2=S)cc1C(F)(F)F. The number of benzene rings is 1. The molecule has 1 aromatic carbocycles. The zero-order chi connectivity index (χ0) is 26.7. The molecule has 2 aromatic heterocycles. The van der Waals surface area contributed by atoms with Crippen LogP contribution in [0.4, 0.5) is 28.9 Å². The number of nitrogens with one attached hydrogen (secondary N) is 1. The number of rotatable bonds is 5. The average Bonchev–Trinajstić information content (AvgIpc) is 3.33. The van der Waals surface area contributed by atoms with E-state index < -0.39 is 35.1 Å². The van der Waals surface area contributed by atoms with Crippen LogP contribution in [-0.4, -0.2) is 28.5 Å². The highest BCUT2D eigenvalue weighted by molar-refractivity contribution is 7.81. The number of hydrogen-bond acceptors (Lipinski definition) is 6. The molecule has 0 spiro atoms. The molecule has 2 amide bonds. The molecule has 1 saturated heterocycles. The molecule has 0 bridgehead atoms. The third-order valence-corrected chi connectivity index (χ3v) is 5.90. The largest absolute Gasteiger partial charge is 0.467 e. The molecule has 190 valence electrons. The molecule has 3 aromatic rings. The molecule has 0 saturated carbocycles. The molecule has 0 radical (unpaired) electrons. The predicted octanol–water partition coefficient (Wildman–Crippen LogP) is 4.55. The van der Waals surface area contributed by atoms with Gasteiger partial charge in [-0.2, -0.15) is 18.4 Å². The maximum absolute atomic E-state index is 14.9. The molecular weight excluding hydrogens is 514 g/mol. The van der Waals surface area contributed by atoms with Crippen LogP contribution in [0.3, 0.4) is 0 Å². The number of nitrogens with zero attached hydrogens (tertiary/aromatic N) is 4. The minimum absolute atomic E-state index is 0.0479. The lowest BCUT2D eigenvalue weighted by Crippen LogP contribution is -2.44. The first-order valence-corrected chi connectivity index (χ1v) is 11.2. The number of nitriles is 1. The smallest absolute Gasteiger partial charge is 0.419 e. The van der Waals surface area contributed by atoms with Gasteiger partial charge in [0.25, 0.3) is 5.91 Å². The fourth-order valence-corrected chi connectivity index (χ4v) is 4.13. The lowest BCUT2D eigenvalue weighted by Gasteiger charge is -2.30. The van der Waals surface area contributed by atoms with E-state index in [0.717, 1.165) is 17.2 Å². The second-order valence-corrected chi connectivity index (χ2v) is 8.26. The summed E-state index contributed by atoms with van der Waals surface area (Å²) in [5, 5.41) is 11.3. The summed E-state index contributed by atoms with van der Waals surface area (Å²) in [5.41, 5.74) is -2.47. The summed E-state index contributed by atoms with van der Waals surface area (Å²) >= 11 is 5.43. The van der Waals surface area contributed by atoms with Crippen molar-refractivity contribution in [1.29, 1.82) is 5.26 Å². The van der Waals surface area contributed by atoms with Crippen LogP contribution in [-0.2, 0) is 17.5 Å². The van der Waals surface area contributed by atoms with E-state index in [1.54, 1.807) is 12.1 Å². The Morgan fingerprint density at radius 3 is 2.68 bits per heavy atom. The van der Waals surface area contributed by atoms with Crippen molar-refractivity contribution in [3.05, 3.63) is 77.3 Å². The van der Waals surface area contributed by atoms with Crippen LogP contribution in [0.1, 0.15) is 40.2 Å². The first-order chi connectivity index (χ1) is 17.6. The Kier molecular flexibility index (Phi) is 7.21. The van der Waals surface area contributed by atoms with Crippen molar-refractivity contribution in [2.24, 2.45) is 0 Å². The minimum Gasteiger partial charge on any atom is -0.467 e. The van der Waals surface area contributed by atoms with Gasteiger partial charge in [-0.25, -0.2) is 9.37 Å². The van der Waals surface area contributed by atoms with Crippen LogP contribution in [0.2, 0.25) is 0 Å². The number of amides is 2. The zero-order valence-corrected chi connectivity index (χ0v) is 19.7. The van der Waals surface area contributed by atoms with Crippen molar-refractivity contribution in [3.8, 4) is 6.07 Å². The predicted molar refractivity (Wildman–Crippen MR) is 127 cm³/mol. The fraction of sp³-hybridized carbons (Fsp3) is 0.208. The van der Waals surface area contributed by atoms with Crippen molar-refractivity contribution in [1.82, 2.24) is 10.3 Å². The number of alkyl halides is 3. The molecule has 1 fully saturated rings. The van der Waals surface area contributed by atoms with E-state index in [4.69, 9.17) is 21.9 Å². The second-order valence-electron chi connectivity index (χ2n) is 7.89. The van der Waals surface area contributed by atoms with Gasteiger partial charge in [0.2, 0.25) is 5.91 Å². The van der Waals surface area contributed by atoms with Gasteiger partial charge in [-0.1, -0.05) is 0 Å². The van der Waals surface area contributed by atoms with E-state index in [9.17, 15) is 27.2 Å². The number of pyridine rings is 1. The van der Waals surface area contributed by atoms with Gasteiger partial charge in [-0.05, 0) is 55.0 Å². The van der Waals surface area contributed by atoms with E-state index in [-0.39, 0.29) is 48.0 Å². The average molecular weight is 531 g/mol. The molecule has 4 rings (SSSR count). The van der Waals surface area contributed by atoms with E-state index >= 15 is 0 Å². The Morgan fingerprint density at radius 2 is 2.03 bits per heavy atom. The molecule has 1 N–H and O–H groups in total. The highest BCUT2D eigenvalue weighted by Crippen LogP contribution is 2.34. The summed E-state index contributed by atoms with van der Waals surface area (Å²) in [7, 11) is 0. The van der Waals surface area contributed by atoms with Crippen LogP contribution < -0.4 is 15.1 Å². The molecule has 37 heavy (non-hydrogen) atoms. The molecular formula is C24H17F4N5O3S. The quantitative estimate of drug-likeness (QED) is 0.381. The van der Waals surface area contributed by atoms with Crippen molar-refractivity contribution in [2.75, 3.05) is 16.3 Å². The topological polar surface area (TPSA) is 102 Å². The molecule has 3 heterocycles. The lowest BCUT2D eigenvalue weighted by molar-refractivity contribution is -0.138. The summed E-state index contributed by atoms with van der Waals surface area (Å²) in [4.78, 5) is 31.0. The van der Waals surface area contributed by atoms with Crippen LogP contribution >= 0.6 is 12.2 Å². The fourth-order valence-electron chi connectivity index (χ4n) is 3.73. The standard InChI is InChI=1S/C24H17F4N5O3S/c25-19-10-14(5-6-17(19)22(35)31-13-16-3-2-8-36-16)32-7-1-4-21(34)33(23(32)37)15-9-18(24(26,27)28)20(11-29)30-12-15/h2-3,5-6,8-10,12H,1,4,7,13H2,(H,31,35). The Bertz CT molecular complexity index is 1400. The third kappa shape index (κ3) is 5.44. The summed E-state index contributed by atoms with van der Waals surface area (Å²) in [6.45, 7) is 0.221. The van der Waals surface area contributed by atoms with Crippen LogP contribution in [0.15, 0.2) is 53.3 Å². The maximum atomic E-state index is 14.9. The Morgan fingerprint density at radius 1 is 1.24 bits per heavy atom. The van der Waals surface area contributed by atoms with Crippen molar-refractivity contribution in [2.45, 2.75) is 25.6 Å². The number of aromatic nitrogens is 1. The summed E-state index contributed by atoms with van der Waals surface area (Å²) in [6.07, 6.45) is -2.27. The van der Waals surface area contributed by atoms with Gasteiger partial charge in [0, 0.05) is 18.7 Å². The summed E-state index contributed by atoms with van der Waals surface area (Å²) in [6, 6.07) is 9.02. The number of furan rings is 1. The van der Waals surface area contributed by atoms with E-state index in [1.165, 1.54) is 29.4 Å².